The van der Waals surface area contributed by atoms with Gasteiger partial charge < -0.3 is 5.73 Å². The fourth-order valence-corrected chi connectivity index (χ4v) is 1.70. The highest BCUT2D eigenvalue weighted by Gasteiger charge is 2.34. The van der Waals surface area contributed by atoms with E-state index in [2.05, 4.69) is 53.5 Å². The molecule has 86 valence electrons. The second-order valence-electron chi connectivity index (χ2n) is 5.31. The average molecular weight is 200 g/mol. The molecule has 0 aliphatic heterocycles. The van der Waals surface area contributed by atoms with Crippen molar-refractivity contribution in [2.24, 2.45) is 17.6 Å². The van der Waals surface area contributed by atoms with Crippen molar-refractivity contribution >= 4 is 0 Å². The summed E-state index contributed by atoms with van der Waals surface area (Å²) < 4.78 is 0. The molecule has 0 aromatic rings. The molecule has 0 rings (SSSR count). The van der Waals surface area contributed by atoms with E-state index in [-0.39, 0.29) is 5.54 Å². The molecule has 14 heavy (non-hydrogen) atoms. The van der Waals surface area contributed by atoms with Crippen molar-refractivity contribution in [3.05, 3.63) is 0 Å². The molecule has 2 heteroatoms. The molecule has 2 unspecified atom stereocenters. The Morgan fingerprint density at radius 2 is 1.57 bits per heavy atom. The summed E-state index contributed by atoms with van der Waals surface area (Å²) in [6.45, 7) is 14.3. The first kappa shape index (κ1) is 13.9. The Balaban J connectivity index is 4.69. The maximum absolute atomic E-state index is 5.91. The van der Waals surface area contributed by atoms with Crippen molar-refractivity contribution in [2.75, 3.05) is 13.6 Å². The van der Waals surface area contributed by atoms with E-state index in [1.54, 1.807) is 0 Å². The average Bonchev–Trinajstić information content (AvgIpc) is 2.13. The standard InChI is InChI=1S/C12H28N2/c1-9(2)11(5)14(7)12(6,8-13)10(3)4/h9-11H,8,13H2,1-7H3. The van der Waals surface area contributed by atoms with Gasteiger partial charge >= 0.3 is 0 Å². The number of nitrogens with two attached hydrogens (primary N) is 1. The molecule has 0 fully saturated rings. The maximum Gasteiger partial charge on any atom is 0.0326 e. The minimum atomic E-state index is 0.115. The van der Waals surface area contributed by atoms with Gasteiger partial charge in [-0.1, -0.05) is 27.7 Å². The Morgan fingerprint density at radius 3 is 1.79 bits per heavy atom. The fourth-order valence-electron chi connectivity index (χ4n) is 1.70. The van der Waals surface area contributed by atoms with E-state index in [1.807, 2.05) is 0 Å². The minimum Gasteiger partial charge on any atom is -0.329 e. The van der Waals surface area contributed by atoms with Gasteiger partial charge in [0.15, 0.2) is 0 Å². The van der Waals surface area contributed by atoms with Crippen LogP contribution < -0.4 is 5.73 Å². The molecule has 0 aliphatic rings. The lowest BCUT2D eigenvalue weighted by atomic mass is 9.84. The second-order valence-corrected chi connectivity index (χ2v) is 5.31. The first-order chi connectivity index (χ1) is 6.27. The van der Waals surface area contributed by atoms with Crippen LogP contribution in [0.4, 0.5) is 0 Å². The number of hydrogen-bond acceptors (Lipinski definition) is 2. The molecule has 0 amide bonds. The van der Waals surface area contributed by atoms with Gasteiger partial charge in [0.05, 0.1) is 0 Å². The van der Waals surface area contributed by atoms with Crippen LogP contribution in [0.3, 0.4) is 0 Å². The molecule has 0 aromatic carbocycles. The molecule has 0 spiro atoms. The van der Waals surface area contributed by atoms with E-state index in [9.17, 15) is 0 Å². The first-order valence-corrected chi connectivity index (χ1v) is 5.70. The Morgan fingerprint density at radius 1 is 1.14 bits per heavy atom. The third kappa shape index (κ3) is 2.71. The summed E-state index contributed by atoms with van der Waals surface area (Å²) in [5.41, 5.74) is 6.02. The van der Waals surface area contributed by atoms with E-state index in [0.29, 0.717) is 17.9 Å². The van der Waals surface area contributed by atoms with Gasteiger partial charge in [-0.15, -0.1) is 0 Å². The highest BCUT2D eigenvalue weighted by atomic mass is 15.2. The molecule has 0 aromatic heterocycles. The van der Waals surface area contributed by atoms with E-state index < -0.39 is 0 Å². The summed E-state index contributed by atoms with van der Waals surface area (Å²) in [6, 6.07) is 0.575. The normalized spacial score (nSPS) is 19.1. The molecule has 0 aliphatic carbocycles. The fraction of sp³-hybridized carbons (Fsp3) is 1.00. The van der Waals surface area contributed by atoms with Crippen LogP contribution in [0.15, 0.2) is 0 Å². The van der Waals surface area contributed by atoms with Gasteiger partial charge in [-0.3, -0.25) is 4.90 Å². The van der Waals surface area contributed by atoms with Gasteiger partial charge in [0.25, 0.3) is 0 Å². The quantitative estimate of drug-likeness (QED) is 0.738. The van der Waals surface area contributed by atoms with Crippen LogP contribution in [0.25, 0.3) is 0 Å². The lowest BCUT2D eigenvalue weighted by Gasteiger charge is -2.46. The molecule has 0 heterocycles. The Kier molecular flexibility index (Phi) is 5.10. The van der Waals surface area contributed by atoms with Crippen molar-refractivity contribution in [1.29, 1.82) is 0 Å². The smallest absolute Gasteiger partial charge is 0.0326 e. The molecule has 2 nitrogen and oxygen atoms in total. The molecule has 0 saturated carbocycles. The second kappa shape index (κ2) is 5.13. The summed E-state index contributed by atoms with van der Waals surface area (Å²) in [5.74, 6) is 1.25. The lowest BCUT2D eigenvalue weighted by molar-refractivity contribution is 0.0411. The van der Waals surface area contributed by atoms with Gasteiger partial charge in [0.2, 0.25) is 0 Å². The molecular weight excluding hydrogens is 172 g/mol. The summed E-state index contributed by atoms with van der Waals surface area (Å²) in [4.78, 5) is 2.43. The molecule has 2 atom stereocenters. The molecular formula is C12H28N2. The van der Waals surface area contributed by atoms with Gasteiger partial charge in [-0.2, -0.15) is 0 Å². The van der Waals surface area contributed by atoms with Crippen LogP contribution in [0.5, 0.6) is 0 Å². The highest BCUT2D eigenvalue weighted by Crippen LogP contribution is 2.26. The first-order valence-electron chi connectivity index (χ1n) is 5.70. The predicted molar refractivity (Wildman–Crippen MR) is 64.4 cm³/mol. The van der Waals surface area contributed by atoms with Crippen molar-refractivity contribution in [3.8, 4) is 0 Å². The Bertz CT molecular complexity index is 166. The van der Waals surface area contributed by atoms with Crippen LogP contribution in [-0.4, -0.2) is 30.1 Å². The molecule has 0 radical (unpaired) electrons. The maximum atomic E-state index is 5.91. The van der Waals surface area contributed by atoms with Gasteiger partial charge in [-0.25, -0.2) is 0 Å². The van der Waals surface area contributed by atoms with Gasteiger partial charge in [0.1, 0.15) is 0 Å². The Hall–Kier alpha value is -0.0800. The summed E-state index contributed by atoms with van der Waals surface area (Å²) >= 11 is 0. The minimum absolute atomic E-state index is 0.115. The summed E-state index contributed by atoms with van der Waals surface area (Å²) in [5, 5.41) is 0. The molecule has 0 bridgehead atoms. The van der Waals surface area contributed by atoms with Crippen LogP contribution in [0.2, 0.25) is 0 Å². The van der Waals surface area contributed by atoms with E-state index in [0.717, 1.165) is 6.54 Å². The van der Waals surface area contributed by atoms with Crippen molar-refractivity contribution in [3.63, 3.8) is 0 Å². The van der Waals surface area contributed by atoms with Gasteiger partial charge in [0, 0.05) is 18.1 Å². The largest absolute Gasteiger partial charge is 0.329 e. The third-order valence-corrected chi connectivity index (χ3v) is 4.04. The van der Waals surface area contributed by atoms with Crippen LogP contribution in [0, 0.1) is 11.8 Å². The summed E-state index contributed by atoms with van der Waals surface area (Å²) in [6.07, 6.45) is 0. The number of rotatable bonds is 5. The lowest BCUT2D eigenvalue weighted by Crippen LogP contribution is -2.57. The number of likely N-dealkylation sites (N-methyl/N-ethyl adjacent to an activating group) is 1. The number of nitrogens with zero attached hydrogens (tertiary/aromatic N) is 1. The van der Waals surface area contributed by atoms with E-state index >= 15 is 0 Å². The van der Waals surface area contributed by atoms with Crippen molar-refractivity contribution in [2.45, 2.75) is 53.1 Å². The van der Waals surface area contributed by atoms with Crippen molar-refractivity contribution < 1.29 is 0 Å². The highest BCUT2D eigenvalue weighted by molar-refractivity contribution is 4.91. The van der Waals surface area contributed by atoms with Crippen LogP contribution >= 0.6 is 0 Å². The van der Waals surface area contributed by atoms with Gasteiger partial charge in [-0.05, 0) is 32.7 Å². The topological polar surface area (TPSA) is 29.3 Å². The zero-order chi connectivity index (χ0) is 11.5. The van der Waals surface area contributed by atoms with E-state index in [1.165, 1.54) is 0 Å². The van der Waals surface area contributed by atoms with Crippen LogP contribution in [0.1, 0.15) is 41.5 Å². The summed E-state index contributed by atoms with van der Waals surface area (Å²) in [7, 11) is 2.19. The predicted octanol–water partition coefficient (Wildman–Crippen LogP) is 2.34. The molecule has 0 saturated heterocycles. The SMILES string of the molecule is CC(C)C(C)N(C)C(C)(CN)C(C)C. The monoisotopic (exact) mass is 200 g/mol. The number of hydrogen-bond donors (Lipinski definition) is 1. The Labute approximate surface area is 89.9 Å². The van der Waals surface area contributed by atoms with Crippen LogP contribution in [-0.2, 0) is 0 Å². The van der Waals surface area contributed by atoms with Crippen molar-refractivity contribution in [1.82, 2.24) is 4.90 Å². The van der Waals surface area contributed by atoms with E-state index in [4.69, 9.17) is 5.73 Å². The third-order valence-electron chi connectivity index (χ3n) is 4.04. The zero-order valence-electron chi connectivity index (χ0n) is 11.0. The zero-order valence-corrected chi connectivity index (χ0v) is 11.0. The molecule has 2 N–H and O–H groups in total.